The molecule has 0 saturated carbocycles. The van der Waals surface area contributed by atoms with Gasteiger partial charge in [-0.15, -0.1) is 0 Å². The molecule has 0 saturated heterocycles. The van der Waals surface area contributed by atoms with Crippen molar-refractivity contribution < 1.29 is 23.8 Å². The summed E-state index contributed by atoms with van der Waals surface area (Å²) in [5.41, 5.74) is 1.00. The number of ether oxygens (including phenoxy) is 3. The van der Waals surface area contributed by atoms with Crippen molar-refractivity contribution in [3.63, 3.8) is 0 Å². The molecule has 2 atom stereocenters. The number of rotatable bonds is 9. The molecule has 7 heteroatoms. The third-order valence-corrected chi connectivity index (χ3v) is 4.10. The minimum atomic E-state index is -0.656. The van der Waals surface area contributed by atoms with Crippen LogP contribution in [0.2, 0.25) is 0 Å². The molecule has 0 spiro atoms. The molecule has 0 aliphatic rings. The van der Waals surface area contributed by atoms with E-state index < -0.39 is 18.0 Å². The van der Waals surface area contributed by atoms with Crippen LogP contribution >= 0.6 is 0 Å². The van der Waals surface area contributed by atoms with Gasteiger partial charge in [0.05, 0.1) is 21.3 Å². The predicted octanol–water partition coefficient (Wildman–Crippen LogP) is 2.13. The molecule has 2 amide bonds. The molecule has 0 radical (unpaired) electrons. The number of nitrogens with one attached hydrogen (secondary N) is 2. The molecular formula is C18H28N2O5. The van der Waals surface area contributed by atoms with Crippen LogP contribution in [0.15, 0.2) is 18.2 Å². The van der Waals surface area contributed by atoms with E-state index in [0.717, 1.165) is 12.0 Å². The van der Waals surface area contributed by atoms with Crippen molar-refractivity contribution in [2.24, 2.45) is 5.92 Å². The van der Waals surface area contributed by atoms with Gasteiger partial charge >= 0.3 is 12.0 Å². The second kappa shape index (κ2) is 10.4. The average molecular weight is 352 g/mol. The Hall–Kier alpha value is -2.44. The number of hydrogen-bond donors (Lipinski definition) is 2. The molecule has 0 fully saturated rings. The van der Waals surface area contributed by atoms with Gasteiger partial charge in [-0.2, -0.15) is 0 Å². The highest BCUT2D eigenvalue weighted by atomic mass is 16.5. The topological polar surface area (TPSA) is 85.9 Å². The third-order valence-electron chi connectivity index (χ3n) is 4.10. The lowest BCUT2D eigenvalue weighted by atomic mass is 9.99. The summed E-state index contributed by atoms with van der Waals surface area (Å²) in [6, 6.07) is 4.56. The maximum atomic E-state index is 12.0. The normalized spacial score (nSPS) is 12.7. The first kappa shape index (κ1) is 20.6. The van der Waals surface area contributed by atoms with Crippen LogP contribution in [0.3, 0.4) is 0 Å². The van der Waals surface area contributed by atoms with Crippen LogP contribution in [-0.2, 0) is 16.0 Å². The number of amides is 2. The third kappa shape index (κ3) is 6.17. The Morgan fingerprint density at radius 1 is 1.12 bits per heavy atom. The van der Waals surface area contributed by atoms with Crippen LogP contribution in [0.25, 0.3) is 0 Å². The fraction of sp³-hybridized carbons (Fsp3) is 0.556. The summed E-state index contributed by atoms with van der Waals surface area (Å²) in [5, 5.41) is 5.43. The second-order valence-electron chi connectivity index (χ2n) is 5.73. The van der Waals surface area contributed by atoms with Gasteiger partial charge in [0.1, 0.15) is 6.04 Å². The molecule has 0 aliphatic carbocycles. The van der Waals surface area contributed by atoms with Gasteiger partial charge in [-0.05, 0) is 30.0 Å². The van der Waals surface area contributed by atoms with Gasteiger partial charge in [0.25, 0.3) is 0 Å². The van der Waals surface area contributed by atoms with Gasteiger partial charge in [0, 0.05) is 6.54 Å². The lowest BCUT2D eigenvalue weighted by molar-refractivity contribution is -0.144. The largest absolute Gasteiger partial charge is 0.493 e. The first-order valence-corrected chi connectivity index (χ1v) is 8.29. The zero-order valence-corrected chi connectivity index (χ0v) is 15.5. The van der Waals surface area contributed by atoms with Crippen LogP contribution < -0.4 is 20.1 Å². The van der Waals surface area contributed by atoms with E-state index in [1.165, 1.54) is 7.11 Å². The highest BCUT2D eigenvalue weighted by Crippen LogP contribution is 2.27. The summed E-state index contributed by atoms with van der Waals surface area (Å²) in [7, 11) is 4.47. The molecule has 1 aromatic carbocycles. The van der Waals surface area contributed by atoms with Gasteiger partial charge in [0.2, 0.25) is 0 Å². The minimum Gasteiger partial charge on any atom is -0.493 e. The number of methoxy groups -OCH3 is 3. The predicted molar refractivity (Wildman–Crippen MR) is 95.0 cm³/mol. The van der Waals surface area contributed by atoms with E-state index in [0.29, 0.717) is 24.5 Å². The van der Waals surface area contributed by atoms with Crippen molar-refractivity contribution in [3.8, 4) is 11.5 Å². The molecule has 25 heavy (non-hydrogen) atoms. The lowest BCUT2D eigenvalue weighted by Gasteiger charge is -2.22. The molecule has 140 valence electrons. The van der Waals surface area contributed by atoms with Crippen molar-refractivity contribution in [1.29, 1.82) is 0 Å². The molecular weight excluding hydrogens is 324 g/mol. The van der Waals surface area contributed by atoms with Gasteiger partial charge in [-0.3, -0.25) is 0 Å². The van der Waals surface area contributed by atoms with E-state index >= 15 is 0 Å². The first-order chi connectivity index (χ1) is 12.0. The van der Waals surface area contributed by atoms with Crippen molar-refractivity contribution in [2.75, 3.05) is 27.9 Å². The van der Waals surface area contributed by atoms with E-state index in [1.807, 2.05) is 32.0 Å². The molecule has 1 rings (SSSR count). The molecule has 0 heterocycles. The second-order valence-corrected chi connectivity index (χ2v) is 5.73. The molecule has 0 unspecified atom stereocenters. The van der Waals surface area contributed by atoms with E-state index in [1.54, 1.807) is 14.2 Å². The van der Waals surface area contributed by atoms with Crippen molar-refractivity contribution in [3.05, 3.63) is 23.8 Å². The summed E-state index contributed by atoms with van der Waals surface area (Å²) >= 11 is 0. The van der Waals surface area contributed by atoms with Gasteiger partial charge in [-0.25, -0.2) is 9.59 Å². The quantitative estimate of drug-likeness (QED) is 0.665. The first-order valence-electron chi connectivity index (χ1n) is 8.29. The summed E-state index contributed by atoms with van der Waals surface area (Å²) in [6.07, 6.45) is 1.38. The van der Waals surface area contributed by atoms with E-state index in [4.69, 9.17) is 14.2 Å². The maximum absolute atomic E-state index is 12.0. The number of urea groups is 1. The minimum absolute atomic E-state index is 0.0101. The molecule has 0 aliphatic heterocycles. The fourth-order valence-corrected chi connectivity index (χ4v) is 2.34. The highest BCUT2D eigenvalue weighted by Gasteiger charge is 2.26. The van der Waals surface area contributed by atoms with Crippen LogP contribution in [0.5, 0.6) is 11.5 Å². The Morgan fingerprint density at radius 3 is 2.36 bits per heavy atom. The standard InChI is InChI=1S/C18H28N2O5/c1-6-12(2)16(17(21)25-5)20-18(22)19-10-9-13-7-8-14(23-3)15(11-13)24-4/h7-8,11-12,16H,6,9-10H2,1-5H3,(H2,19,20,22)/t12-,16+/m1/s1. The smallest absolute Gasteiger partial charge is 0.328 e. The number of esters is 1. The Labute approximate surface area is 149 Å². The summed E-state index contributed by atoms with van der Waals surface area (Å²) in [6.45, 7) is 4.28. The van der Waals surface area contributed by atoms with Gasteiger partial charge in [0.15, 0.2) is 11.5 Å². The lowest BCUT2D eigenvalue weighted by Crippen LogP contribution is -2.49. The number of carbonyl (C=O) groups is 2. The van der Waals surface area contributed by atoms with Crippen LogP contribution in [0.1, 0.15) is 25.8 Å². The zero-order valence-electron chi connectivity index (χ0n) is 15.5. The molecule has 2 N–H and O–H groups in total. The highest BCUT2D eigenvalue weighted by molar-refractivity contribution is 5.83. The molecule has 0 aromatic heterocycles. The molecule has 0 bridgehead atoms. The Bertz CT molecular complexity index is 577. The SMILES string of the molecule is CC[C@@H](C)[C@H](NC(=O)NCCc1ccc(OC)c(OC)c1)C(=O)OC. The average Bonchev–Trinajstić information content (AvgIpc) is 2.64. The Morgan fingerprint density at radius 2 is 1.80 bits per heavy atom. The van der Waals surface area contributed by atoms with E-state index in [9.17, 15) is 9.59 Å². The van der Waals surface area contributed by atoms with Crippen molar-refractivity contribution >= 4 is 12.0 Å². The Balaban J connectivity index is 2.54. The summed E-state index contributed by atoms with van der Waals surface area (Å²) in [4.78, 5) is 23.8. The van der Waals surface area contributed by atoms with Gasteiger partial charge < -0.3 is 24.8 Å². The monoisotopic (exact) mass is 352 g/mol. The van der Waals surface area contributed by atoms with Crippen LogP contribution in [0, 0.1) is 5.92 Å². The fourth-order valence-electron chi connectivity index (χ4n) is 2.34. The van der Waals surface area contributed by atoms with Crippen LogP contribution in [-0.4, -0.2) is 45.9 Å². The van der Waals surface area contributed by atoms with E-state index in [-0.39, 0.29) is 5.92 Å². The maximum Gasteiger partial charge on any atom is 0.328 e. The van der Waals surface area contributed by atoms with Crippen molar-refractivity contribution in [1.82, 2.24) is 10.6 Å². The Kier molecular flexibility index (Phi) is 8.60. The van der Waals surface area contributed by atoms with Crippen molar-refractivity contribution in [2.45, 2.75) is 32.7 Å². The van der Waals surface area contributed by atoms with Gasteiger partial charge in [-0.1, -0.05) is 26.3 Å². The molecule has 1 aromatic rings. The zero-order chi connectivity index (χ0) is 18.8. The summed E-state index contributed by atoms with van der Waals surface area (Å²) in [5.74, 6) is 0.854. The number of carbonyl (C=O) groups excluding carboxylic acids is 2. The molecule has 7 nitrogen and oxygen atoms in total. The van der Waals surface area contributed by atoms with Crippen LogP contribution in [0.4, 0.5) is 4.79 Å². The van der Waals surface area contributed by atoms with E-state index in [2.05, 4.69) is 10.6 Å². The number of hydrogen-bond acceptors (Lipinski definition) is 5. The number of benzene rings is 1. The summed E-state index contributed by atoms with van der Waals surface area (Å²) < 4.78 is 15.2.